The third-order valence-electron chi connectivity index (χ3n) is 4.75. The summed E-state index contributed by atoms with van der Waals surface area (Å²) in [6.07, 6.45) is 3.58. The van der Waals surface area contributed by atoms with Crippen LogP contribution in [0, 0.1) is 11.3 Å². The van der Waals surface area contributed by atoms with E-state index in [1.165, 1.54) is 6.08 Å². The first-order chi connectivity index (χ1) is 16.9. The Hall–Kier alpha value is -4.25. The van der Waals surface area contributed by atoms with Gasteiger partial charge in [-0.25, -0.2) is 4.79 Å². The second-order valence-corrected chi connectivity index (χ2v) is 7.23. The standard InChI is InChI=1S/C27H30N2O6/c1-5-8-21-13-20(15-24(33-6-2)26(21)35-18-25(30)34-7-3)14-22(16-28)27(31)29-17-19-9-11-23(32-4)12-10-19/h5,9-15H,1,6-8,17-18H2,2-4H3,(H,29,31)/b22-14-. The zero-order chi connectivity index (χ0) is 25.6. The number of rotatable bonds is 13. The van der Waals surface area contributed by atoms with Crippen LogP contribution in [0.3, 0.4) is 0 Å². The van der Waals surface area contributed by atoms with Crippen LogP contribution < -0.4 is 19.5 Å². The van der Waals surface area contributed by atoms with Gasteiger partial charge in [0.15, 0.2) is 18.1 Å². The summed E-state index contributed by atoms with van der Waals surface area (Å²) in [6, 6.07) is 12.6. The van der Waals surface area contributed by atoms with E-state index in [1.807, 2.05) is 25.1 Å². The maximum absolute atomic E-state index is 12.7. The molecule has 1 N–H and O–H groups in total. The molecule has 0 fully saturated rings. The van der Waals surface area contributed by atoms with Crippen molar-refractivity contribution in [1.29, 1.82) is 5.26 Å². The van der Waals surface area contributed by atoms with Gasteiger partial charge in [0, 0.05) is 12.1 Å². The van der Waals surface area contributed by atoms with Gasteiger partial charge < -0.3 is 24.3 Å². The Morgan fingerprint density at radius 1 is 1.11 bits per heavy atom. The summed E-state index contributed by atoms with van der Waals surface area (Å²) in [5, 5.41) is 12.3. The Labute approximate surface area is 205 Å². The quantitative estimate of drug-likeness (QED) is 0.201. The van der Waals surface area contributed by atoms with E-state index in [0.717, 1.165) is 5.56 Å². The molecule has 0 saturated carbocycles. The van der Waals surface area contributed by atoms with Crippen LogP contribution in [0.1, 0.15) is 30.5 Å². The largest absolute Gasteiger partial charge is 0.497 e. The van der Waals surface area contributed by atoms with Gasteiger partial charge in [0.1, 0.15) is 17.4 Å². The van der Waals surface area contributed by atoms with Crippen LogP contribution in [0.2, 0.25) is 0 Å². The first-order valence-corrected chi connectivity index (χ1v) is 11.2. The van der Waals surface area contributed by atoms with Gasteiger partial charge in [-0.2, -0.15) is 5.26 Å². The van der Waals surface area contributed by atoms with Crippen molar-refractivity contribution in [1.82, 2.24) is 5.32 Å². The van der Waals surface area contributed by atoms with Gasteiger partial charge in [-0.1, -0.05) is 18.2 Å². The predicted molar refractivity (Wildman–Crippen MR) is 132 cm³/mol. The first-order valence-electron chi connectivity index (χ1n) is 11.2. The number of ether oxygens (including phenoxy) is 4. The van der Waals surface area contributed by atoms with Gasteiger partial charge in [0.05, 0.1) is 20.3 Å². The second kappa shape index (κ2) is 14.1. The lowest BCUT2D eigenvalue weighted by Crippen LogP contribution is -2.23. The molecule has 0 unspecified atom stereocenters. The molecule has 0 aliphatic rings. The minimum absolute atomic E-state index is 0.0642. The highest BCUT2D eigenvalue weighted by Gasteiger charge is 2.16. The van der Waals surface area contributed by atoms with Crippen LogP contribution in [-0.4, -0.2) is 38.8 Å². The highest BCUT2D eigenvalue weighted by atomic mass is 16.6. The van der Waals surface area contributed by atoms with Gasteiger partial charge in [-0.15, -0.1) is 6.58 Å². The summed E-state index contributed by atoms with van der Waals surface area (Å²) in [4.78, 5) is 24.4. The van der Waals surface area contributed by atoms with Crippen molar-refractivity contribution >= 4 is 18.0 Å². The fourth-order valence-electron chi connectivity index (χ4n) is 3.17. The highest BCUT2D eigenvalue weighted by molar-refractivity contribution is 6.01. The molecule has 0 atom stereocenters. The van der Waals surface area contributed by atoms with Crippen LogP contribution in [0.5, 0.6) is 17.2 Å². The average molecular weight is 479 g/mol. The second-order valence-electron chi connectivity index (χ2n) is 7.23. The van der Waals surface area contributed by atoms with E-state index in [2.05, 4.69) is 11.9 Å². The van der Waals surface area contributed by atoms with Gasteiger partial charge in [0.2, 0.25) is 0 Å². The summed E-state index contributed by atoms with van der Waals surface area (Å²) in [6.45, 7) is 7.89. The topological polar surface area (TPSA) is 107 Å². The number of nitrogens with zero attached hydrogens (tertiary/aromatic N) is 1. The van der Waals surface area contributed by atoms with Crippen molar-refractivity contribution in [2.45, 2.75) is 26.8 Å². The SMILES string of the molecule is C=CCc1cc(/C=C(/C#N)C(=O)NCc2ccc(OC)cc2)cc(OCC)c1OCC(=O)OCC. The van der Waals surface area contributed by atoms with Crippen LogP contribution in [0.15, 0.2) is 54.6 Å². The summed E-state index contributed by atoms with van der Waals surface area (Å²) in [5.74, 6) is 0.489. The first kappa shape index (κ1) is 27.0. The number of nitriles is 1. The van der Waals surface area contributed by atoms with Crippen molar-refractivity contribution in [3.8, 4) is 23.3 Å². The van der Waals surface area contributed by atoms with Crippen molar-refractivity contribution in [3.63, 3.8) is 0 Å². The molecule has 0 radical (unpaired) electrons. The maximum atomic E-state index is 12.7. The van der Waals surface area contributed by atoms with E-state index in [0.29, 0.717) is 41.4 Å². The van der Waals surface area contributed by atoms with Gasteiger partial charge in [-0.3, -0.25) is 4.79 Å². The minimum Gasteiger partial charge on any atom is -0.497 e. The number of allylic oxidation sites excluding steroid dienone is 1. The summed E-state index contributed by atoms with van der Waals surface area (Å²) >= 11 is 0. The minimum atomic E-state index is -0.505. The maximum Gasteiger partial charge on any atom is 0.344 e. The summed E-state index contributed by atoms with van der Waals surface area (Å²) in [5.41, 5.74) is 2.07. The number of carbonyl (C=O) groups excluding carboxylic acids is 2. The number of methoxy groups -OCH3 is 1. The summed E-state index contributed by atoms with van der Waals surface area (Å²) < 4.78 is 21.5. The lowest BCUT2D eigenvalue weighted by atomic mass is 10.0. The average Bonchev–Trinajstić information content (AvgIpc) is 2.86. The third kappa shape index (κ3) is 8.23. The summed E-state index contributed by atoms with van der Waals surface area (Å²) in [7, 11) is 1.58. The fourth-order valence-corrected chi connectivity index (χ4v) is 3.17. The van der Waals surface area contributed by atoms with Crippen molar-refractivity contribution in [2.24, 2.45) is 0 Å². The van der Waals surface area contributed by atoms with Crippen LogP contribution >= 0.6 is 0 Å². The number of amides is 1. The fraction of sp³-hybridized carbons (Fsp3) is 0.296. The van der Waals surface area contributed by atoms with Crippen molar-refractivity contribution < 1.29 is 28.5 Å². The van der Waals surface area contributed by atoms with E-state index in [9.17, 15) is 14.9 Å². The van der Waals surface area contributed by atoms with Gasteiger partial charge in [-0.05, 0) is 61.7 Å². The van der Waals surface area contributed by atoms with E-state index in [1.54, 1.807) is 44.4 Å². The lowest BCUT2D eigenvalue weighted by molar-refractivity contribution is -0.145. The Balaban J connectivity index is 2.28. The lowest BCUT2D eigenvalue weighted by Gasteiger charge is -2.16. The molecule has 0 spiro atoms. The van der Waals surface area contributed by atoms with E-state index < -0.39 is 11.9 Å². The Kier molecular flexibility index (Phi) is 10.9. The van der Waals surface area contributed by atoms with Crippen LogP contribution in [0.25, 0.3) is 6.08 Å². The highest BCUT2D eigenvalue weighted by Crippen LogP contribution is 2.34. The molecule has 1 amide bonds. The smallest absolute Gasteiger partial charge is 0.344 e. The predicted octanol–water partition coefficient (Wildman–Crippen LogP) is 3.99. The Bertz CT molecular complexity index is 1100. The number of hydrogen-bond acceptors (Lipinski definition) is 7. The van der Waals surface area contributed by atoms with Crippen LogP contribution in [0.4, 0.5) is 0 Å². The molecule has 2 rings (SSSR count). The molecule has 35 heavy (non-hydrogen) atoms. The zero-order valence-corrected chi connectivity index (χ0v) is 20.3. The van der Waals surface area contributed by atoms with Crippen molar-refractivity contribution in [2.75, 3.05) is 26.9 Å². The molecule has 8 nitrogen and oxygen atoms in total. The number of carbonyl (C=O) groups is 2. The molecular weight excluding hydrogens is 448 g/mol. The van der Waals surface area contributed by atoms with Gasteiger partial charge >= 0.3 is 5.97 Å². The third-order valence-corrected chi connectivity index (χ3v) is 4.75. The molecule has 8 heteroatoms. The number of hydrogen-bond donors (Lipinski definition) is 1. The van der Waals surface area contributed by atoms with Crippen molar-refractivity contribution in [3.05, 3.63) is 71.3 Å². The normalized spacial score (nSPS) is 10.6. The Morgan fingerprint density at radius 3 is 2.46 bits per heavy atom. The molecule has 0 aliphatic carbocycles. The molecule has 2 aromatic carbocycles. The van der Waals surface area contributed by atoms with E-state index in [-0.39, 0.29) is 25.3 Å². The molecule has 2 aromatic rings. The van der Waals surface area contributed by atoms with E-state index >= 15 is 0 Å². The monoisotopic (exact) mass is 478 g/mol. The molecule has 0 saturated heterocycles. The molecular formula is C27H30N2O6. The van der Waals surface area contributed by atoms with Gasteiger partial charge in [0.25, 0.3) is 5.91 Å². The molecule has 0 aliphatic heterocycles. The number of benzene rings is 2. The number of esters is 1. The zero-order valence-electron chi connectivity index (χ0n) is 20.3. The number of nitrogens with one attached hydrogen (secondary N) is 1. The van der Waals surface area contributed by atoms with Crippen LogP contribution in [-0.2, 0) is 27.3 Å². The Morgan fingerprint density at radius 2 is 1.86 bits per heavy atom. The molecule has 0 heterocycles. The van der Waals surface area contributed by atoms with E-state index in [4.69, 9.17) is 18.9 Å². The molecule has 0 bridgehead atoms. The molecule has 0 aromatic heterocycles. The molecule has 184 valence electrons.